The summed E-state index contributed by atoms with van der Waals surface area (Å²) in [5.74, 6) is -0.203. The van der Waals surface area contributed by atoms with Crippen molar-refractivity contribution in [2.45, 2.75) is 38.1 Å². The standard InChI is InChI=1S/C22H29N3O4/c23-14-6-1-2-7-15-24-20(22(27)28)16-21(26)25-17-10-12-19(13-11-17)29-18-8-4-3-5-9-18/h3-5,8-13,20,24H,1-2,6-7,14-16,23H2,(H,25,26)(H,27,28)/p+1/t20-/m1/s1. The van der Waals surface area contributed by atoms with Crippen LogP contribution in [0, 0.1) is 0 Å². The van der Waals surface area contributed by atoms with Crippen LogP contribution in [-0.4, -0.2) is 31.0 Å². The van der Waals surface area contributed by atoms with Crippen LogP contribution in [0.4, 0.5) is 5.69 Å². The van der Waals surface area contributed by atoms with E-state index < -0.39 is 12.0 Å². The first kappa shape index (κ1) is 22.4. The van der Waals surface area contributed by atoms with Gasteiger partial charge in [-0.1, -0.05) is 18.2 Å². The molecule has 0 aliphatic carbocycles. The molecule has 0 fully saturated rings. The topological polar surface area (TPSA) is 123 Å². The highest BCUT2D eigenvalue weighted by Crippen LogP contribution is 2.22. The molecule has 0 bridgehead atoms. The lowest BCUT2D eigenvalue weighted by Gasteiger charge is -2.16. The number of carboxylic acid groups (broad SMARTS) is 1. The second kappa shape index (κ2) is 12.5. The summed E-state index contributed by atoms with van der Waals surface area (Å²) in [4.78, 5) is 23.5. The number of quaternary nitrogens is 2. The maximum absolute atomic E-state index is 12.2. The van der Waals surface area contributed by atoms with E-state index in [0.29, 0.717) is 18.0 Å². The van der Waals surface area contributed by atoms with Crippen molar-refractivity contribution in [3.63, 3.8) is 0 Å². The zero-order valence-corrected chi connectivity index (χ0v) is 16.6. The van der Waals surface area contributed by atoms with Crippen LogP contribution in [-0.2, 0) is 9.59 Å². The molecule has 0 aliphatic heterocycles. The van der Waals surface area contributed by atoms with E-state index >= 15 is 0 Å². The van der Waals surface area contributed by atoms with Crippen molar-refractivity contribution in [1.29, 1.82) is 0 Å². The number of unbranched alkanes of at least 4 members (excludes halogenated alkanes) is 3. The monoisotopic (exact) mass is 400 g/mol. The zero-order chi connectivity index (χ0) is 20.9. The summed E-state index contributed by atoms with van der Waals surface area (Å²) < 4.78 is 5.71. The Kier molecular flexibility index (Phi) is 9.68. The van der Waals surface area contributed by atoms with Gasteiger partial charge in [-0.15, -0.1) is 0 Å². The molecule has 0 aromatic heterocycles. The minimum Gasteiger partial charge on any atom is -0.544 e. The highest BCUT2D eigenvalue weighted by atomic mass is 16.5. The van der Waals surface area contributed by atoms with Crippen LogP contribution >= 0.6 is 0 Å². The SMILES string of the molecule is [NH3+]CCCCCC[NH2+][C@H](CC(=O)Nc1ccc(Oc2ccccc2)cc1)C(=O)[O-]. The Balaban J connectivity index is 1.77. The van der Waals surface area contributed by atoms with E-state index in [9.17, 15) is 14.7 Å². The number of hydrogen-bond donors (Lipinski definition) is 3. The third-order valence-corrected chi connectivity index (χ3v) is 4.48. The predicted molar refractivity (Wildman–Crippen MR) is 108 cm³/mol. The molecule has 0 heterocycles. The summed E-state index contributed by atoms with van der Waals surface area (Å²) in [5, 5.41) is 15.7. The number of nitrogens with one attached hydrogen (secondary N) is 1. The van der Waals surface area contributed by atoms with Crippen molar-refractivity contribution >= 4 is 17.6 Å². The lowest BCUT2D eigenvalue weighted by atomic mass is 10.1. The number of para-hydroxylation sites is 1. The van der Waals surface area contributed by atoms with Gasteiger partial charge in [0, 0.05) is 5.69 Å². The normalized spacial score (nSPS) is 11.6. The molecular weight excluding hydrogens is 370 g/mol. The number of benzene rings is 2. The van der Waals surface area contributed by atoms with Gasteiger partial charge in [-0.3, -0.25) is 4.79 Å². The van der Waals surface area contributed by atoms with Gasteiger partial charge >= 0.3 is 0 Å². The first-order chi connectivity index (χ1) is 14.1. The van der Waals surface area contributed by atoms with Crippen LogP contribution < -0.4 is 26.2 Å². The number of carbonyl (C=O) groups is 2. The number of rotatable bonds is 13. The van der Waals surface area contributed by atoms with Gasteiger partial charge in [0.15, 0.2) is 0 Å². The molecule has 2 rings (SSSR count). The van der Waals surface area contributed by atoms with E-state index in [1.54, 1.807) is 29.6 Å². The number of anilines is 1. The van der Waals surface area contributed by atoms with Crippen LogP contribution in [0.2, 0.25) is 0 Å². The van der Waals surface area contributed by atoms with Crippen LogP contribution in [0.3, 0.4) is 0 Å². The van der Waals surface area contributed by atoms with Crippen molar-refractivity contribution in [3.8, 4) is 11.5 Å². The fourth-order valence-electron chi connectivity index (χ4n) is 2.90. The van der Waals surface area contributed by atoms with E-state index in [4.69, 9.17) is 4.74 Å². The molecule has 0 radical (unpaired) electrons. The molecule has 0 unspecified atom stereocenters. The summed E-state index contributed by atoms with van der Waals surface area (Å²) in [6.07, 6.45) is 3.99. The van der Waals surface area contributed by atoms with Crippen molar-refractivity contribution in [3.05, 3.63) is 54.6 Å². The first-order valence-electron chi connectivity index (χ1n) is 10.0. The Morgan fingerprint density at radius 2 is 1.62 bits per heavy atom. The third-order valence-electron chi connectivity index (χ3n) is 4.48. The van der Waals surface area contributed by atoms with Gasteiger partial charge in [0.1, 0.15) is 17.5 Å². The maximum atomic E-state index is 12.2. The number of carbonyl (C=O) groups excluding carboxylic acids is 2. The molecule has 0 aliphatic rings. The summed E-state index contributed by atoms with van der Waals surface area (Å²) in [7, 11) is 0. The molecule has 0 spiro atoms. The second-order valence-corrected chi connectivity index (χ2v) is 6.91. The average Bonchev–Trinajstić information content (AvgIpc) is 2.72. The third kappa shape index (κ3) is 8.76. The molecule has 7 heteroatoms. The lowest BCUT2D eigenvalue weighted by molar-refractivity contribution is -0.682. The van der Waals surface area contributed by atoms with E-state index in [1.807, 2.05) is 30.3 Å². The molecule has 29 heavy (non-hydrogen) atoms. The summed E-state index contributed by atoms with van der Waals surface area (Å²) in [6.45, 7) is 1.58. The number of nitrogens with two attached hydrogens (primary N) is 1. The fraction of sp³-hybridized carbons (Fsp3) is 0.364. The zero-order valence-electron chi connectivity index (χ0n) is 16.6. The van der Waals surface area contributed by atoms with Crippen LogP contribution in [0.15, 0.2) is 54.6 Å². The lowest BCUT2D eigenvalue weighted by Crippen LogP contribution is -2.93. The number of amides is 1. The Morgan fingerprint density at radius 1 is 0.966 bits per heavy atom. The van der Waals surface area contributed by atoms with Gasteiger partial charge in [-0.05, 0) is 62.1 Å². The Labute approximate surface area is 171 Å². The molecule has 2 aromatic carbocycles. The highest BCUT2D eigenvalue weighted by Gasteiger charge is 2.18. The maximum Gasteiger partial charge on any atom is 0.230 e. The van der Waals surface area contributed by atoms with E-state index in [1.165, 1.54) is 0 Å². The van der Waals surface area contributed by atoms with Crippen LogP contribution in [0.5, 0.6) is 11.5 Å². The molecule has 2 aromatic rings. The number of carboxylic acids is 1. The fourth-order valence-corrected chi connectivity index (χ4v) is 2.90. The van der Waals surface area contributed by atoms with Crippen molar-refractivity contribution in [2.75, 3.05) is 18.4 Å². The minimum atomic E-state index is -1.22. The quantitative estimate of drug-likeness (QED) is 0.418. The predicted octanol–water partition coefficient (Wildman–Crippen LogP) is 0.292. The summed E-state index contributed by atoms with van der Waals surface area (Å²) >= 11 is 0. The Morgan fingerprint density at radius 3 is 2.28 bits per heavy atom. The van der Waals surface area contributed by atoms with Gasteiger partial charge < -0.3 is 31.0 Å². The first-order valence-corrected chi connectivity index (χ1v) is 10.0. The smallest absolute Gasteiger partial charge is 0.230 e. The van der Waals surface area contributed by atoms with Gasteiger partial charge in [-0.25, -0.2) is 0 Å². The molecule has 7 nitrogen and oxygen atoms in total. The van der Waals surface area contributed by atoms with Gasteiger partial charge in [-0.2, -0.15) is 0 Å². The van der Waals surface area contributed by atoms with E-state index in [-0.39, 0.29) is 12.3 Å². The summed E-state index contributed by atoms with van der Waals surface area (Å²) in [6, 6.07) is 15.4. The van der Waals surface area contributed by atoms with Crippen LogP contribution in [0.1, 0.15) is 32.1 Å². The number of ether oxygens (including phenoxy) is 1. The molecule has 6 N–H and O–H groups in total. The number of hydrogen-bond acceptors (Lipinski definition) is 4. The van der Waals surface area contributed by atoms with Crippen LogP contribution in [0.25, 0.3) is 0 Å². The van der Waals surface area contributed by atoms with Gasteiger partial charge in [0.05, 0.1) is 25.5 Å². The second-order valence-electron chi connectivity index (χ2n) is 6.91. The largest absolute Gasteiger partial charge is 0.544 e. The number of aliphatic carboxylic acids is 1. The van der Waals surface area contributed by atoms with E-state index in [2.05, 4.69) is 11.1 Å². The summed E-state index contributed by atoms with van der Waals surface area (Å²) in [5.41, 5.74) is 4.38. The Hall–Kier alpha value is -2.90. The molecule has 0 saturated heterocycles. The average molecular weight is 400 g/mol. The van der Waals surface area contributed by atoms with Crippen molar-refractivity contribution in [2.24, 2.45) is 0 Å². The highest BCUT2D eigenvalue weighted by molar-refractivity contribution is 5.93. The van der Waals surface area contributed by atoms with Gasteiger partial charge in [0.25, 0.3) is 0 Å². The minimum absolute atomic E-state index is 0.135. The van der Waals surface area contributed by atoms with Crippen molar-refractivity contribution < 1.29 is 30.5 Å². The van der Waals surface area contributed by atoms with Gasteiger partial charge in [0.2, 0.25) is 5.91 Å². The Bertz CT molecular complexity index is 750. The molecule has 0 saturated carbocycles. The molecule has 1 atom stereocenters. The van der Waals surface area contributed by atoms with E-state index in [0.717, 1.165) is 38.0 Å². The molecular formula is C22H30N3O4+. The molecule has 1 amide bonds. The van der Waals surface area contributed by atoms with Crippen molar-refractivity contribution in [1.82, 2.24) is 0 Å². The molecule has 156 valence electrons.